The van der Waals surface area contributed by atoms with Crippen molar-refractivity contribution < 1.29 is 14.6 Å². The Balaban J connectivity index is 2.43. The Kier molecular flexibility index (Phi) is 6.01. The topological polar surface area (TPSA) is 38.7 Å². The summed E-state index contributed by atoms with van der Waals surface area (Å²) >= 11 is 0. The molecule has 0 spiro atoms. The zero-order valence-corrected chi connectivity index (χ0v) is 10.9. The van der Waals surface area contributed by atoms with E-state index in [0.717, 1.165) is 29.9 Å². The van der Waals surface area contributed by atoms with Gasteiger partial charge in [0.2, 0.25) is 0 Å². The lowest BCUT2D eigenvalue weighted by Gasteiger charge is -2.12. The standard InChI is InChI=1S/C14H22O3/c1-4-7-16-8-9-17-14-6-5-13(12(3)15)10-11(14)2/h5-6,10,12,15H,4,7-9H2,1-3H3. The largest absolute Gasteiger partial charge is 0.491 e. The Hall–Kier alpha value is -1.06. The summed E-state index contributed by atoms with van der Waals surface area (Å²) in [6, 6.07) is 5.74. The predicted octanol–water partition coefficient (Wildman–Crippen LogP) is 2.85. The van der Waals surface area contributed by atoms with Gasteiger partial charge in [-0.3, -0.25) is 0 Å². The zero-order valence-electron chi connectivity index (χ0n) is 10.9. The highest BCUT2D eigenvalue weighted by molar-refractivity contribution is 5.36. The van der Waals surface area contributed by atoms with E-state index in [0.29, 0.717) is 13.2 Å². The van der Waals surface area contributed by atoms with Crippen LogP contribution in [-0.2, 0) is 4.74 Å². The molecule has 1 aromatic carbocycles. The Morgan fingerprint density at radius 2 is 2.00 bits per heavy atom. The molecule has 0 fully saturated rings. The molecule has 0 heterocycles. The van der Waals surface area contributed by atoms with E-state index in [2.05, 4.69) is 6.92 Å². The maximum absolute atomic E-state index is 9.45. The van der Waals surface area contributed by atoms with E-state index in [4.69, 9.17) is 9.47 Å². The Morgan fingerprint density at radius 1 is 1.24 bits per heavy atom. The molecule has 3 nitrogen and oxygen atoms in total. The summed E-state index contributed by atoms with van der Waals surface area (Å²) in [5.74, 6) is 0.856. The maximum Gasteiger partial charge on any atom is 0.122 e. The number of benzene rings is 1. The van der Waals surface area contributed by atoms with Crippen LogP contribution in [0.5, 0.6) is 5.75 Å². The zero-order chi connectivity index (χ0) is 12.7. The minimum atomic E-state index is -0.435. The van der Waals surface area contributed by atoms with E-state index in [1.165, 1.54) is 0 Å². The van der Waals surface area contributed by atoms with Crippen molar-refractivity contribution in [2.75, 3.05) is 19.8 Å². The van der Waals surface area contributed by atoms with Gasteiger partial charge < -0.3 is 14.6 Å². The van der Waals surface area contributed by atoms with Crippen LogP contribution in [0, 0.1) is 6.92 Å². The van der Waals surface area contributed by atoms with Crippen molar-refractivity contribution in [3.05, 3.63) is 29.3 Å². The lowest BCUT2D eigenvalue weighted by atomic mass is 10.1. The van der Waals surface area contributed by atoms with Crippen molar-refractivity contribution in [3.8, 4) is 5.75 Å². The monoisotopic (exact) mass is 238 g/mol. The first kappa shape index (κ1) is 14.0. The molecule has 1 unspecified atom stereocenters. The van der Waals surface area contributed by atoms with Gasteiger partial charge in [0.05, 0.1) is 12.7 Å². The highest BCUT2D eigenvalue weighted by Crippen LogP contribution is 2.22. The van der Waals surface area contributed by atoms with Crippen molar-refractivity contribution in [2.45, 2.75) is 33.3 Å². The van der Waals surface area contributed by atoms with Crippen LogP contribution >= 0.6 is 0 Å². The smallest absolute Gasteiger partial charge is 0.122 e. The Morgan fingerprint density at radius 3 is 2.59 bits per heavy atom. The van der Waals surface area contributed by atoms with Gasteiger partial charge in [0.25, 0.3) is 0 Å². The fourth-order valence-corrected chi connectivity index (χ4v) is 1.55. The summed E-state index contributed by atoms with van der Waals surface area (Å²) in [5.41, 5.74) is 1.95. The number of ether oxygens (including phenoxy) is 2. The molecule has 0 aliphatic carbocycles. The summed E-state index contributed by atoms with van der Waals surface area (Å²) in [6.45, 7) is 7.78. The maximum atomic E-state index is 9.45. The summed E-state index contributed by atoms with van der Waals surface area (Å²) in [5, 5.41) is 9.45. The molecule has 1 N–H and O–H groups in total. The van der Waals surface area contributed by atoms with Gasteiger partial charge in [-0.2, -0.15) is 0 Å². The van der Waals surface area contributed by atoms with Gasteiger partial charge in [-0.25, -0.2) is 0 Å². The quantitative estimate of drug-likeness (QED) is 0.742. The molecule has 0 aliphatic heterocycles. The van der Waals surface area contributed by atoms with Crippen LogP contribution in [0.1, 0.15) is 37.5 Å². The third-order valence-corrected chi connectivity index (χ3v) is 2.52. The molecule has 3 heteroatoms. The van der Waals surface area contributed by atoms with Gasteiger partial charge in [-0.05, 0) is 43.5 Å². The summed E-state index contributed by atoms with van der Waals surface area (Å²) in [4.78, 5) is 0. The van der Waals surface area contributed by atoms with Crippen molar-refractivity contribution >= 4 is 0 Å². The molecule has 0 saturated heterocycles. The minimum Gasteiger partial charge on any atom is -0.491 e. The van der Waals surface area contributed by atoms with E-state index in [9.17, 15) is 5.11 Å². The molecule has 0 saturated carbocycles. The van der Waals surface area contributed by atoms with Crippen LogP contribution in [0.3, 0.4) is 0 Å². The first-order valence-corrected chi connectivity index (χ1v) is 6.14. The van der Waals surface area contributed by atoms with E-state index >= 15 is 0 Å². The average Bonchev–Trinajstić information content (AvgIpc) is 2.30. The van der Waals surface area contributed by atoms with Crippen molar-refractivity contribution in [3.63, 3.8) is 0 Å². The summed E-state index contributed by atoms with van der Waals surface area (Å²) in [7, 11) is 0. The van der Waals surface area contributed by atoms with Gasteiger partial charge in [0.15, 0.2) is 0 Å². The fraction of sp³-hybridized carbons (Fsp3) is 0.571. The average molecular weight is 238 g/mol. The first-order valence-electron chi connectivity index (χ1n) is 6.14. The molecule has 0 amide bonds. The lowest BCUT2D eigenvalue weighted by Crippen LogP contribution is -2.08. The van der Waals surface area contributed by atoms with Crippen molar-refractivity contribution in [2.24, 2.45) is 0 Å². The molecule has 1 aromatic rings. The SMILES string of the molecule is CCCOCCOc1ccc(C(C)O)cc1C. The second-order valence-corrected chi connectivity index (χ2v) is 4.16. The molecule has 1 rings (SSSR count). The molecule has 0 aliphatic rings. The molecule has 0 aromatic heterocycles. The van der Waals surface area contributed by atoms with E-state index in [1.54, 1.807) is 6.92 Å². The Labute approximate surface area is 103 Å². The third kappa shape index (κ3) is 4.75. The fourth-order valence-electron chi connectivity index (χ4n) is 1.55. The van der Waals surface area contributed by atoms with Crippen LogP contribution in [-0.4, -0.2) is 24.9 Å². The normalized spacial score (nSPS) is 12.5. The van der Waals surface area contributed by atoms with Gasteiger partial charge >= 0.3 is 0 Å². The molecular formula is C14H22O3. The molecule has 17 heavy (non-hydrogen) atoms. The van der Waals surface area contributed by atoms with Crippen LogP contribution in [0.25, 0.3) is 0 Å². The number of aryl methyl sites for hydroxylation is 1. The minimum absolute atomic E-state index is 0.435. The third-order valence-electron chi connectivity index (χ3n) is 2.52. The predicted molar refractivity (Wildman–Crippen MR) is 68.4 cm³/mol. The second-order valence-electron chi connectivity index (χ2n) is 4.16. The highest BCUT2D eigenvalue weighted by atomic mass is 16.5. The van der Waals surface area contributed by atoms with Gasteiger partial charge in [-0.1, -0.05) is 13.0 Å². The van der Waals surface area contributed by atoms with Gasteiger partial charge in [0.1, 0.15) is 12.4 Å². The first-order chi connectivity index (χ1) is 8.15. The lowest BCUT2D eigenvalue weighted by molar-refractivity contribution is 0.100. The highest BCUT2D eigenvalue weighted by Gasteiger charge is 2.04. The van der Waals surface area contributed by atoms with Crippen LogP contribution in [0.15, 0.2) is 18.2 Å². The molecule has 96 valence electrons. The number of aliphatic hydroxyl groups is 1. The van der Waals surface area contributed by atoms with Gasteiger partial charge in [0, 0.05) is 6.61 Å². The van der Waals surface area contributed by atoms with Crippen LogP contribution in [0.4, 0.5) is 0 Å². The molecular weight excluding hydrogens is 216 g/mol. The number of hydrogen-bond acceptors (Lipinski definition) is 3. The van der Waals surface area contributed by atoms with E-state index in [-0.39, 0.29) is 0 Å². The number of aliphatic hydroxyl groups excluding tert-OH is 1. The number of rotatable bonds is 7. The second kappa shape index (κ2) is 7.30. The summed E-state index contributed by atoms with van der Waals surface area (Å²) in [6.07, 6.45) is 0.595. The Bertz CT molecular complexity index is 334. The molecule has 0 bridgehead atoms. The number of hydrogen-bond donors (Lipinski definition) is 1. The van der Waals surface area contributed by atoms with E-state index in [1.807, 2.05) is 25.1 Å². The van der Waals surface area contributed by atoms with E-state index < -0.39 is 6.10 Å². The van der Waals surface area contributed by atoms with Gasteiger partial charge in [-0.15, -0.1) is 0 Å². The summed E-state index contributed by atoms with van der Waals surface area (Å²) < 4.78 is 11.0. The molecule has 1 atom stereocenters. The van der Waals surface area contributed by atoms with Crippen molar-refractivity contribution in [1.82, 2.24) is 0 Å². The molecule has 0 radical (unpaired) electrons. The van der Waals surface area contributed by atoms with Crippen molar-refractivity contribution in [1.29, 1.82) is 0 Å². The van der Waals surface area contributed by atoms with Crippen LogP contribution < -0.4 is 4.74 Å². The van der Waals surface area contributed by atoms with Crippen LogP contribution in [0.2, 0.25) is 0 Å².